The molecule has 1 aliphatic carbocycles. The summed E-state index contributed by atoms with van der Waals surface area (Å²) in [5, 5.41) is 18.4. The van der Waals surface area contributed by atoms with Crippen molar-refractivity contribution >= 4 is 40.0 Å². The van der Waals surface area contributed by atoms with Gasteiger partial charge in [-0.15, -0.1) is 0 Å². The maximum absolute atomic E-state index is 14.5. The Bertz CT molecular complexity index is 1600. The maximum Gasteiger partial charge on any atom is 0.321 e. The third kappa shape index (κ3) is 9.54. The number of fused-ring (bicyclic) bond motifs is 2. The number of likely N-dealkylation sites (N-methyl/N-ethyl adjacent to an activating group) is 1. The van der Waals surface area contributed by atoms with Crippen LogP contribution in [0.5, 0.6) is 5.75 Å². The number of hydrogen-bond acceptors (Lipinski definition) is 6. The van der Waals surface area contributed by atoms with Crippen LogP contribution in [0.3, 0.4) is 0 Å². The van der Waals surface area contributed by atoms with E-state index in [1.165, 1.54) is 0 Å². The Labute approximate surface area is 296 Å². The largest absolute Gasteiger partial charge is 0.490 e. The van der Waals surface area contributed by atoms with Gasteiger partial charge in [0.05, 0.1) is 36.1 Å². The van der Waals surface area contributed by atoms with Crippen LogP contribution >= 0.6 is 0 Å². The number of ether oxygens (including phenoxy) is 2. The molecule has 2 aliphatic rings. The highest BCUT2D eigenvalue weighted by molar-refractivity contribution is 6.02. The summed E-state index contributed by atoms with van der Waals surface area (Å²) in [6, 6.07) is 18.3. The van der Waals surface area contributed by atoms with Gasteiger partial charge in [-0.3, -0.25) is 9.59 Å². The number of rotatable bonds is 7. The number of urea groups is 1. The highest BCUT2D eigenvalue weighted by Gasteiger charge is 2.31. The van der Waals surface area contributed by atoms with Crippen molar-refractivity contribution in [3.63, 3.8) is 0 Å². The van der Waals surface area contributed by atoms with Crippen LogP contribution in [0.25, 0.3) is 10.8 Å². The Hall–Kier alpha value is -4.15. The van der Waals surface area contributed by atoms with Crippen molar-refractivity contribution < 1.29 is 29.0 Å². The average Bonchev–Trinajstić information content (AvgIpc) is 3.13. The van der Waals surface area contributed by atoms with Crippen molar-refractivity contribution in [1.82, 2.24) is 9.80 Å². The lowest BCUT2D eigenvalue weighted by Crippen LogP contribution is -2.48. The van der Waals surface area contributed by atoms with E-state index in [0.29, 0.717) is 30.2 Å². The number of anilines is 2. The number of nitrogens with zero attached hydrogens (tertiary/aromatic N) is 2. The molecule has 1 fully saturated rings. The summed E-state index contributed by atoms with van der Waals surface area (Å²) >= 11 is 0. The van der Waals surface area contributed by atoms with Crippen LogP contribution in [0, 0.1) is 11.8 Å². The minimum Gasteiger partial charge on any atom is -0.490 e. The molecule has 0 saturated heterocycles. The Morgan fingerprint density at radius 2 is 1.70 bits per heavy atom. The average molecular weight is 687 g/mol. The number of benzene rings is 3. The highest BCUT2D eigenvalue weighted by atomic mass is 16.5. The van der Waals surface area contributed by atoms with Gasteiger partial charge in [-0.2, -0.15) is 0 Å². The van der Waals surface area contributed by atoms with Gasteiger partial charge >= 0.3 is 6.03 Å². The smallest absolute Gasteiger partial charge is 0.321 e. The van der Waals surface area contributed by atoms with Crippen LogP contribution in [-0.4, -0.2) is 84.4 Å². The molecule has 0 unspecified atom stereocenters. The Balaban J connectivity index is 1.37. The quantitative estimate of drug-likeness (QED) is 0.240. The summed E-state index contributed by atoms with van der Waals surface area (Å²) in [6.07, 6.45) is 6.92. The zero-order valence-electron chi connectivity index (χ0n) is 30.0. The summed E-state index contributed by atoms with van der Waals surface area (Å²) in [7, 11) is 1.75. The first-order valence-corrected chi connectivity index (χ1v) is 18.3. The van der Waals surface area contributed by atoms with Crippen LogP contribution in [0.1, 0.15) is 82.5 Å². The van der Waals surface area contributed by atoms with Crippen LogP contribution in [0.15, 0.2) is 60.7 Å². The highest BCUT2D eigenvalue weighted by Crippen LogP contribution is 2.30. The SMILES string of the molecule is C[C@@H]1CCCCO[C@@H](CN(C)C(=O)Nc2cccc3ccccc23)[C@H](C)CN([C@@H](C)CO)C(=O)c2cc(NC(=O)C3CCCCC3)ccc2O1. The number of carbonyl (C=O) groups is 3. The van der Waals surface area contributed by atoms with E-state index >= 15 is 0 Å². The summed E-state index contributed by atoms with van der Waals surface area (Å²) in [6.45, 7) is 6.66. The second-order valence-corrected chi connectivity index (χ2v) is 14.2. The number of aliphatic hydroxyl groups excluding tert-OH is 1. The minimum absolute atomic E-state index is 0.0184. The lowest BCUT2D eigenvalue weighted by molar-refractivity contribution is -0.120. The molecular formula is C40H54N4O6. The van der Waals surface area contributed by atoms with Gasteiger partial charge in [0.1, 0.15) is 5.75 Å². The molecule has 50 heavy (non-hydrogen) atoms. The van der Waals surface area contributed by atoms with Crippen molar-refractivity contribution in [2.75, 3.05) is 44.0 Å². The third-order valence-corrected chi connectivity index (χ3v) is 10.1. The molecule has 3 aromatic carbocycles. The Kier molecular flexibility index (Phi) is 13.1. The maximum atomic E-state index is 14.5. The van der Waals surface area contributed by atoms with Gasteiger partial charge in [-0.25, -0.2) is 4.79 Å². The molecule has 1 saturated carbocycles. The number of amides is 4. The third-order valence-electron chi connectivity index (χ3n) is 10.1. The zero-order chi connectivity index (χ0) is 35.6. The van der Waals surface area contributed by atoms with Crippen LogP contribution in [0.2, 0.25) is 0 Å². The fourth-order valence-corrected chi connectivity index (χ4v) is 6.97. The van der Waals surface area contributed by atoms with Gasteiger partial charge in [-0.05, 0) is 75.6 Å². The van der Waals surface area contributed by atoms with E-state index in [0.717, 1.165) is 67.8 Å². The first-order valence-electron chi connectivity index (χ1n) is 18.3. The van der Waals surface area contributed by atoms with E-state index in [2.05, 4.69) is 10.6 Å². The molecule has 0 aromatic heterocycles. The number of hydrogen-bond donors (Lipinski definition) is 3. The van der Waals surface area contributed by atoms with Gasteiger partial charge in [0.2, 0.25) is 5.91 Å². The molecule has 3 aromatic rings. The van der Waals surface area contributed by atoms with Crippen LogP contribution in [0.4, 0.5) is 16.2 Å². The second-order valence-electron chi connectivity index (χ2n) is 14.2. The second kappa shape index (κ2) is 17.7. The van der Waals surface area contributed by atoms with E-state index in [4.69, 9.17) is 9.47 Å². The first kappa shape index (κ1) is 37.1. The molecular weight excluding hydrogens is 632 g/mol. The molecule has 0 radical (unpaired) electrons. The van der Waals surface area contributed by atoms with Crippen molar-refractivity contribution in [2.24, 2.45) is 11.8 Å². The summed E-state index contributed by atoms with van der Waals surface area (Å²) in [5.41, 5.74) is 1.62. The minimum atomic E-state index is -0.503. The van der Waals surface area contributed by atoms with Crippen molar-refractivity contribution in [2.45, 2.75) is 90.4 Å². The lowest BCUT2D eigenvalue weighted by atomic mass is 9.88. The predicted octanol–water partition coefficient (Wildman–Crippen LogP) is 7.32. The number of nitrogens with one attached hydrogen (secondary N) is 2. The standard InChI is InChI=1S/C40H54N4O6/c1-27-24-44(28(2)26-45)39(47)34-23-32(41-38(46)31-15-6-5-7-16-31)20-21-36(34)50-29(3)13-10-11-22-49-37(27)25-43(4)40(48)42-35-19-12-17-30-14-8-9-18-33(30)35/h8-9,12,14,17-21,23,27-29,31,37,45H,5-7,10-11,13,15-16,22,24-26H2,1-4H3,(H,41,46)(H,42,48)/t27-,28+,29-,37+/m1/s1. The molecule has 10 nitrogen and oxygen atoms in total. The van der Waals surface area contributed by atoms with Gasteiger partial charge in [0.15, 0.2) is 0 Å². The Morgan fingerprint density at radius 1 is 0.960 bits per heavy atom. The van der Waals surface area contributed by atoms with E-state index in [1.807, 2.05) is 63.2 Å². The lowest BCUT2D eigenvalue weighted by Gasteiger charge is -2.36. The van der Waals surface area contributed by atoms with Crippen molar-refractivity contribution in [1.29, 1.82) is 0 Å². The topological polar surface area (TPSA) is 120 Å². The van der Waals surface area contributed by atoms with Crippen LogP contribution in [-0.2, 0) is 9.53 Å². The summed E-state index contributed by atoms with van der Waals surface area (Å²) < 4.78 is 12.8. The molecule has 4 amide bonds. The van der Waals surface area contributed by atoms with Gasteiger partial charge in [0.25, 0.3) is 5.91 Å². The van der Waals surface area contributed by atoms with E-state index < -0.39 is 6.04 Å². The predicted molar refractivity (Wildman–Crippen MR) is 198 cm³/mol. The summed E-state index contributed by atoms with van der Waals surface area (Å²) in [5.74, 6) is -0.0838. The van der Waals surface area contributed by atoms with Gasteiger partial charge in [0, 0.05) is 49.7 Å². The fourth-order valence-electron chi connectivity index (χ4n) is 6.97. The molecule has 0 bridgehead atoms. The van der Waals surface area contributed by atoms with E-state index in [-0.39, 0.29) is 55.0 Å². The fraction of sp³-hybridized carbons (Fsp3) is 0.525. The van der Waals surface area contributed by atoms with Crippen molar-refractivity contribution in [3.8, 4) is 5.75 Å². The molecule has 3 N–H and O–H groups in total. The molecule has 5 rings (SSSR count). The molecule has 0 spiro atoms. The van der Waals surface area contributed by atoms with Crippen molar-refractivity contribution in [3.05, 3.63) is 66.2 Å². The number of carbonyl (C=O) groups excluding carboxylic acids is 3. The molecule has 1 aliphatic heterocycles. The first-order chi connectivity index (χ1) is 24.1. The normalized spacial score (nSPS) is 21.7. The molecule has 10 heteroatoms. The zero-order valence-corrected chi connectivity index (χ0v) is 30.0. The molecule has 4 atom stereocenters. The van der Waals surface area contributed by atoms with Gasteiger partial charge in [-0.1, -0.05) is 62.6 Å². The summed E-state index contributed by atoms with van der Waals surface area (Å²) in [4.78, 5) is 44.3. The monoisotopic (exact) mass is 686 g/mol. The molecule has 1 heterocycles. The molecule has 270 valence electrons. The van der Waals surface area contributed by atoms with Gasteiger partial charge < -0.3 is 35.0 Å². The van der Waals surface area contributed by atoms with E-state index in [1.54, 1.807) is 35.0 Å². The van der Waals surface area contributed by atoms with Crippen LogP contribution < -0.4 is 15.4 Å². The number of aliphatic hydroxyl groups is 1. The Morgan fingerprint density at radius 3 is 2.48 bits per heavy atom. The van der Waals surface area contributed by atoms with E-state index in [9.17, 15) is 19.5 Å².